The molecule has 0 bridgehead atoms. The summed E-state index contributed by atoms with van der Waals surface area (Å²) < 4.78 is 54.9. The maximum Gasteiger partial charge on any atom is 0.416 e. The van der Waals surface area contributed by atoms with Gasteiger partial charge in [0.1, 0.15) is 11.5 Å². The molecule has 0 saturated carbocycles. The van der Waals surface area contributed by atoms with Crippen LogP contribution in [0.4, 0.5) is 28.9 Å². The summed E-state index contributed by atoms with van der Waals surface area (Å²) in [7, 11) is 0. The van der Waals surface area contributed by atoms with Gasteiger partial charge in [-0.15, -0.1) is 0 Å². The lowest BCUT2D eigenvalue weighted by molar-refractivity contribution is -0.384. The van der Waals surface area contributed by atoms with Gasteiger partial charge in [-0.1, -0.05) is 36.4 Å². The molecule has 174 valence electrons. The lowest BCUT2D eigenvalue weighted by atomic mass is 10.1. The Kier molecular flexibility index (Phi) is 6.06. The van der Waals surface area contributed by atoms with E-state index >= 15 is 0 Å². The first-order valence-corrected chi connectivity index (χ1v) is 10.1. The summed E-state index contributed by atoms with van der Waals surface area (Å²) in [5.41, 5.74) is 3.23. The van der Waals surface area contributed by atoms with Crippen molar-refractivity contribution in [2.45, 2.75) is 19.6 Å². The fraction of sp³-hybridized carbons (Fsp3) is 0.125. The zero-order chi connectivity index (χ0) is 24.5. The van der Waals surface area contributed by atoms with Gasteiger partial charge in [-0.05, 0) is 31.2 Å². The average Bonchev–Trinajstić information content (AvgIpc) is 3.06. The molecular formula is C24H18F4N4O2. The summed E-state index contributed by atoms with van der Waals surface area (Å²) in [6, 6.07) is 16.1. The molecule has 0 amide bonds. The molecule has 0 aliphatic carbocycles. The number of nitro groups is 1. The summed E-state index contributed by atoms with van der Waals surface area (Å²) in [5, 5.41) is 16.2. The van der Waals surface area contributed by atoms with Crippen LogP contribution in [0.15, 0.2) is 71.8 Å². The summed E-state index contributed by atoms with van der Waals surface area (Å²) >= 11 is 0. The highest BCUT2D eigenvalue weighted by Gasteiger charge is 2.33. The van der Waals surface area contributed by atoms with Crippen molar-refractivity contribution >= 4 is 28.5 Å². The topological polar surface area (TPSA) is 72.5 Å². The van der Waals surface area contributed by atoms with Crippen molar-refractivity contribution < 1.29 is 22.5 Å². The Morgan fingerprint density at radius 2 is 1.79 bits per heavy atom. The molecular weight excluding hydrogens is 452 g/mol. The molecule has 6 nitrogen and oxygen atoms in total. The van der Waals surface area contributed by atoms with Crippen molar-refractivity contribution in [1.82, 2.24) is 4.57 Å². The summed E-state index contributed by atoms with van der Waals surface area (Å²) in [6.07, 6.45) is -3.26. The van der Waals surface area contributed by atoms with Crippen LogP contribution in [0.25, 0.3) is 10.9 Å². The van der Waals surface area contributed by atoms with Crippen molar-refractivity contribution in [2.75, 3.05) is 5.43 Å². The van der Waals surface area contributed by atoms with Crippen molar-refractivity contribution in [3.8, 4) is 0 Å². The zero-order valence-electron chi connectivity index (χ0n) is 17.8. The summed E-state index contributed by atoms with van der Waals surface area (Å²) in [6.45, 7) is 2.12. The number of rotatable bonds is 6. The van der Waals surface area contributed by atoms with E-state index < -0.39 is 22.4 Å². The molecule has 0 aliphatic rings. The Morgan fingerprint density at radius 1 is 1.09 bits per heavy atom. The van der Waals surface area contributed by atoms with Gasteiger partial charge in [0.25, 0.3) is 5.69 Å². The molecule has 10 heteroatoms. The predicted octanol–water partition coefficient (Wildman–Crippen LogP) is 6.51. The van der Waals surface area contributed by atoms with E-state index in [9.17, 15) is 27.7 Å². The van der Waals surface area contributed by atoms with Gasteiger partial charge in [0.15, 0.2) is 0 Å². The second-order valence-corrected chi connectivity index (χ2v) is 7.55. The number of nitrogens with zero attached hydrogens (tertiary/aromatic N) is 3. The van der Waals surface area contributed by atoms with Crippen LogP contribution in [0.1, 0.15) is 22.4 Å². The number of para-hydroxylation sites is 1. The van der Waals surface area contributed by atoms with Crippen LogP contribution in [0, 0.1) is 22.9 Å². The second-order valence-electron chi connectivity index (χ2n) is 7.55. The number of aromatic nitrogens is 1. The minimum atomic E-state index is -4.70. The number of halogens is 4. The molecule has 1 heterocycles. The van der Waals surface area contributed by atoms with E-state index in [1.54, 1.807) is 18.2 Å². The number of fused-ring (bicyclic) bond motifs is 1. The molecule has 0 unspecified atom stereocenters. The number of nitro benzene ring substituents is 1. The van der Waals surface area contributed by atoms with Crippen LogP contribution in [0.5, 0.6) is 0 Å². The highest BCUT2D eigenvalue weighted by atomic mass is 19.4. The van der Waals surface area contributed by atoms with E-state index in [0.29, 0.717) is 17.2 Å². The molecule has 0 radical (unpaired) electrons. The number of nitrogens with one attached hydrogen (secondary N) is 1. The maximum absolute atomic E-state index is 14.2. The second kappa shape index (κ2) is 8.97. The minimum Gasteiger partial charge on any atom is -0.340 e. The molecule has 0 fully saturated rings. The van der Waals surface area contributed by atoms with Gasteiger partial charge in [0, 0.05) is 33.8 Å². The quantitative estimate of drug-likeness (QED) is 0.151. The van der Waals surface area contributed by atoms with E-state index in [4.69, 9.17) is 0 Å². The standard InChI is InChI=1S/C24H18F4N4O2/c1-15-19(13-29-30-21-11-10-17(24(26,27)28)12-23(21)32(33)34)18-7-3-5-9-22(18)31(15)14-16-6-2-4-8-20(16)25/h2-13,30H,14H2,1H3/b29-13-. The largest absolute Gasteiger partial charge is 0.416 e. The van der Waals surface area contributed by atoms with Crippen molar-refractivity contribution in [3.63, 3.8) is 0 Å². The number of hydrogen-bond donors (Lipinski definition) is 1. The Labute approximate surface area is 191 Å². The molecule has 3 aromatic carbocycles. The van der Waals surface area contributed by atoms with Gasteiger partial charge in [-0.25, -0.2) is 4.39 Å². The van der Waals surface area contributed by atoms with Crippen LogP contribution in [0.3, 0.4) is 0 Å². The van der Waals surface area contributed by atoms with Crippen LogP contribution < -0.4 is 5.43 Å². The highest BCUT2D eigenvalue weighted by Crippen LogP contribution is 2.35. The fourth-order valence-corrected chi connectivity index (χ4v) is 3.74. The van der Waals surface area contributed by atoms with Gasteiger partial charge < -0.3 is 4.57 Å². The number of benzene rings is 3. The zero-order valence-corrected chi connectivity index (χ0v) is 17.8. The van der Waals surface area contributed by atoms with Gasteiger partial charge >= 0.3 is 6.18 Å². The number of hydrogen-bond acceptors (Lipinski definition) is 4. The van der Waals surface area contributed by atoms with Crippen molar-refractivity contribution in [1.29, 1.82) is 0 Å². The smallest absolute Gasteiger partial charge is 0.340 e. The van der Waals surface area contributed by atoms with Crippen molar-refractivity contribution in [2.24, 2.45) is 5.10 Å². The molecule has 0 aliphatic heterocycles. The monoisotopic (exact) mass is 470 g/mol. The number of alkyl halides is 3. The maximum atomic E-state index is 14.2. The fourth-order valence-electron chi connectivity index (χ4n) is 3.74. The van der Waals surface area contributed by atoms with Crippen LogP contribution in [-0.2, 0) is 12.7 Å². The molecule has 1 aromatic heterocycles. The van der Waals surface area contributed by atoms with Gasteiger partial charge in [0.2, 0.25) is 0 Å². The summed E-state index contributed by atoms with van der Waals surface area (Å²) in [4.78, 5) is 10.4. The molecule has 34 heavy (non-hydrogen) atoms. The Balaban J connectivity index is 1.68. The van der Waals surface area contributed by atoms with Gasteiger partial charge in [0.05, 0.1) is 23.2 Å². The minimum absolute atomic E-state index is 0.179. The Hall–Kier alpha value is -4.21. The third-order valence-corrected chi connectivity index (χ3v) is 5.47. The molecule has 0 saturated heterocycles. The first kappa shape index (κ1) is 23.0. The highest BCUT2D eigenvalue weighted by molar-refractivity contribution is 6.01. The van der Waals surface area contributed by atoms with Crippen LogP contribution >= 0.6 is 0 Å². The number of anilines is 1. The summed E-state index contributed by atoms with van der Waals surface area (Å²) in [5.74, 6) is -0.328. The molecule has 0 atom stereocenters. The van der Waals surface area contributed by atoms with Gasteiger partial charge in [-0.2, -0.15) is 18.3 Å². The van der Waals surface area contributed by atoms with Gasteiger partial charge in [-0.3, -0.25) is 15.5 Å². The van der Waals surface area contributed by atoms with Crippen molar-refractivity contribution in [3.05, 3.63) is 105 Å². The lowest BCUT2D eigenvalue weighted by Crippen LogP contribution is -2.07. The van der Waals surface area contributed by atoms with E-state index in [1.807, 2.05) is 35.8 Å². The SMILES string of the molecule is Cc1c(/C=N\Nc2ccc(C(F)(F)F)cc2[N+](=O)[O-])c2ccccc2n1Cc1ccccc1F. The molecule has 1 N–H and O–H groups in total. The van der Waals surface area contributed by atoms with E-state index in [-0.39, 0.29) is 18.0 Å². The Morgan fingerprint density at radius 3 is 2.50 bits per heavy atom. The normalized spacial score (nSPS) is 11.9. The Bertz CT molecular complexity index is 1410. The van der Waals surface area contributed by atoms with Crippen LogP contribution in [0.2, 0.25) is 0 Å². The van der Waals surface area contributed by atoms with E-state index in [2.05, 4.69) is 10.5 Å². The van der Waals surface area contributed by atoms with E-state index in [1.165, 1.54) is 12.3 Å². The molecule has 4 aromatic rings. The third-order valence-electron chi connectivity index (χ3n) is 5.47. The first-order valence-electron chi connectivity index (χ1n) is 10.1. The molecule has 0 spiro atoms. The van der Waals surface area contributed by atoms with E-state index in [0.717, 1.165) is 28.7 Å². The average molecular weight is 470 g/mol. The number of hydrazone groups is 1. The first-order chi connectivity index (χ1) is 16.2. The molecule has 4 rings (SSSR count). The predicted molar refractivity (Wildman–Crippen MR) is 121 cm³/mol. The van der Waals surface area contributed by atoms with Crippen LogP contribution in [-0.4, -0.2) is 15.7 Å². The third kappa shape index (κ3) is 4.47. The lowest BCUT2D eigenvalue weighted by Gasteiger charge is -2.09.